The van der Waals surface area contributed by atoms with Gasteiger partial charge in [-0.15, -0.1) is 0 Å². The third-order valence-corrected chi connectivity index (χ3v) is 7.05. The van der Waals surface area contributed by atoms with Gasteiger partial charge >= 0.3 is 0 Å². The van der Waals surface area contributed by atoms with Crippen LogP contribution in [0.25, 0.3) is 0 Å². The van der Waals surface area contributed by atoms with Gasteiger partial charge in [-0.05, 0) is 68.2 Å². The standard InChI is InChI=1S/C27H38N4O2/c1-31-18-25(22-7-3-21(4-8-22)17-30-23-12-14-28-15-13-23)26(19-31)27(32)29-16-11-20-5-9-24(33-2)10-6-20/h3-10,23,25-26,28,30H,11-19H2,1-2H3,(H,29,32)/t25-,26+/m1/s1. The number of hydrogen-bond acceptors (Lipinski definition) is 5. The molecule has 6 nitrogen and oxygen atoms in total. The Morgan fingerprint density at radius 2 is 1.73 bits per heavy atom. The molecule has 0 spiro atoms. The minimum Gasteiger partial charge on any atom is -0.497 e. The third kappa shape index (κ3) is 6.56. The maximum absolute atomic E-state index is 13.0. The summed E-state index contributed by atoms with van der Waals surface area (Å²) in [6.45, 7) is 5.50. The van der Waals surface area contributed by atoms with Gasteiger partial charge in [0.25, 0.3) is 0 Å². The molecule has 0 saturated carbocycles. The van der Waals surface area contributed by atoms with Gasteiger partial charge in [0, 0.05) is 38.1 Å². The summed E-state index contributed by atoms with van der Waals surface area (Å²) in [5, 5.41) is 10.3. The van der Waals surface area contributed by atoms with Crippen molar-refractivity contribution >= 4 is 5.91 Å². The molecule has 0 bridgehead atoms. The summed E-state index contributed by atoms with van der Waals surface area (Å²) in [6, 6.07) is 17.5. The van der Waals surface area contributed by atoms with E-state index in [1.165, 1.54) is 29.5 Å². The van der Waals surface area contributed by atoms with Crippen molar-refractivity contribution in [3.63, 3.8) is 0 Å². The molecule has 2 aromatic carbocycles. The number of amides is 1. The van der Waals surface area contributed by atoms with Gasteiger partial charge in [0.2, 0.25) is 5.91 Å². The molecule has 0 radical (unpaired) electrons. The van der Waals surface area contributed by atoms with Gasteiger partial charge in [0.15, 0.2) is 0 Å². The number of rotatable bonds is 9. The van der Waals surface area contributed by atoms with Crippen LogP contribution in [0.15, 0.2) is 48.5 Å². The molecule has 2 fully saturated rings. The van der Waals surface area contributed by atoms with Crippen molar-refractivity contribution in [2.45, 2.75) is 37.8 Å². The second-order valence-electron chi connectivity index (χ2n) is 9.47. The van der Waals surface area contributed by atoms with Crippen LogP contribution in [0.2, 0.25) is 0 Å². The Balaban J connectivity index is 1.29. The van der Waals surface area contributed by atoms with E-state index in [9.17, 15) is 4.79 Å². The molecule has 0 unspecified atom stereocenters. The molecule has 3 N–H and O–H groups in total. The van der Waals surface area contributed by atoms with Crippen LogP contribution in [-0.2, 0) is 17.8 Å². The van der Waals surface area contributed by atoms with E-state index in [-0.39, 0.29) is 17.7 Å². The number of ether oxygens (including phenoxy) is 1. The first-order valence-electron chi connectivity index (χ1n) is 12.2. The zero-order chi connectivity index (χ0) is 23.0. The predicted octanol–water partition coefficient (Wildman–Crippen LogP) is 2.54. The van der Waals surface area contributed by atoms with Gasteiger partial charge in [-0.1, -0.05) is 36.4 Å². The lowest BCUT2D eigenvalue weighted by Crippen LogP contribution is -2.39. The van der Waals surface area contributed by atoms with Gasteiger partial charge in [-0.25, -0.2) is 0 Å². The van der Waals surface area contributed by atoms with Gasteiger partial charge in [0.05, 0.1) is 13.0 Å². The highest BCUT2D eigenvalue weighted by atomic mass is 16.5. The predicted molar refractivity (Wildman–Crippen MR) is 133 cm³/mol. The molecule has 6 heteroatoms. The molecule has 2 aliphatic rings. The zero-order valence-electron chi connectivity index (χ0n) is 20.0. The number of carbonyl (C=O) groups is 1. The van der Waals surface area contributed by atoms with Crippen LogP contribution in [0.4, 0.5) is 0 Å². The van der Waals surface area contributed by atoms with Gasteiger partial charge in [-0.3, -0.25) is 4.79 Å². The van der Waals surface area contributed by atoms with Crippen LogP contribution >= 0.6 is 0 Å². The van der Waals surface area contributed by atoms with E-state index in [0.29, 0.717) is 12.6 Å². The average molecular weight is 451 g/mol. The fourth-order valence-corrected chi connectivity index (χ4v) is 5.03. The number of benzene rings is 2. The molecule has 2 atom stereocenters. The molecule has 33 heavy (non-hydrogen) atoms. The van der Waals surface area contributed by atoms with E-state index in [4.69, 9.17) is 4.74 Å². The SMILES string of the molecule is COc1ccc(CCNC(=O)[C@H]2CN(C)C[C@@H]2c2ccc(CNC3CCNCC3)cc2)cc1. The molecule has 178 valence electrons. The molecule has 2 heterocycles. The lowest BCUT2D eigenvalue weighted by Gasteiger charge is -2.24. The molecule has 0 aliphatic carbocycles. The van der Waals surface area contributed by atoms with Gasteiger partial charge < -0.3 is 25.6 Å². The Hall–Kier alpha value is -2.41. The van der Waals surface area contributed by atoms with E-state index in [0.717, 1.165) is 44.9 Å². The van der Waals surface area contributed by atoms with Crippen molar-refractivity contribution < 1.29 is 9.53 Å². The molecular formula is C27H38N4O2. The highest BCUT2D eigenvalue weighted by Crippen LogP contribution is 2.32. The summed E-state index contributed by atoms with van der Waals surface area (Å²) >= 11 is 0. The monoisotopic (exact) mass is 450 g/mol. The maximum Gasteiger partial charge on any atom is 0.225 e. The molecule has 2 saturated heterocycles. The molecule has 2 aromatic rings. The Bertz CT molecular complexity index is 878. The minimum absolute atomic E-state index is 0.00965. The Kier molecular flexibility index (Phi) is 8.37. The lowest BCUT2D eigenvalue weighted by atomic mass is 9.88. The second kappa shape index (κ2) is 11.6. The number of nitrogens with zero attached hydrogens (tertiary/aromatic N) is 1. The van der Waals surface area contributed by atoms with E-state index >= 15 is 0 Å². The molecule has 2 aliphatic heterocycles. The summed E-state index contributed by atoms with van der Waals surface area (Å²) < 4.78 is 5.21. The quantitative estimate of drug-likeness (QED) is 0.548. The van der Waals surface area contributed by atoms with Crippen LogP contribution in [0.3, 0.4) is 0 Å². The van der Waals surface area contributed by atoms with Crippen LogP contribution < -0.4 is 20.7 Å². The van der Waals surface area contributed by atoms with Crippen LogP contribution in [0, 0.1) is 5.92 Å². The smallest absolute Gasteiger partial charge is 0.225 e. The minimum atomic E-state index is -0.00965. The van der Waals surface area contributed by atoms with Crippen molar-refractivity contribution in [3.05, 3.63) is 65.2 Å². The molecular weight excluding hydrogens is 412 g/mol. The van der Waals surface area contributed by atoms with E-state index in [1.54, 1.807) is 7.11 Å². The van der Waals surface area contributed by atoms with Crippen LogP contribution in [-0.4, -0.2) is 63.7 Å². The number of hydrogen-bond donors (Lipinski definition) is 3. The highest BCUT2D eigenvalue weighted by molar-refractivity contribution is 5.80. The fraction of sp³-hybridized carbons (Fsp3) is 0.519. The summed E-state index contributed by atoms with van der Waals surface area (Å²) in [5.74, 6) is 1.24. The second-order valence-corrected chi connectivity index (χ2v) is 9.47. The largest absolute Gasteiger partial charge is 0.497 e. The zero-order valence-corrected chi connectivity index (χ0v) is 20.0. The van der Waals surface area contributed by atoms with Crippen molar-refractivity contribution in [3.8, 4) is 5.75 Å². The van der Waals surface area contributed by atoms with E-state index in [1.807, 2.05) is 12.1 Å². The number of likely N-dealkylation sites (tertiary alicyclic amines) is 1. The summed E-state index contributed by atoms with van der Waals surface area (Å²) in [6.07, 6.45) is 3.21. The number of likely N-dealkylation sites (N-methyl/N-ethyl adjacent to an activating group) is 1. The van der Waals surface area contributed by atoms with Crippen molar-refractivity contribution in [1.29, 1.82) is 0 Å². The first-order valence-corrected chi connectivity index (χ1v) is 12.2. The molecule has 0 aromatic heterocycles. The summed E-state index contributed by atoms with van der Waals surface area (Å²) in [5.41, 5.74) is 3.77. The number of carbonyl (C=O) groups excluding carboxylic acids is 1. The third-order valence-electron chi connectivity index (χ3n) is 7.05. The fourth-order valence-electron chi connectivity index (χ4n) is 5.03. The number of piperidine rings is 1. The average Bonchev–Trinajstić information content (AvgIpc) is 3.26. The van der Waals surface area contributed by atoms with Crippen LogP contribution in [0.1, 0.15) is 35.4 Å². The number of methoxy groups -OCH3 is 1. The van der Waals surface area contributed by atoms with Crippen LogP contribution in [0.5, 0.6) is 5.75 Å². The van der Waals surface area contributed by atoms with Crippen molar-refractivity contribution in [1.82, 2.24) is 20.9 Å². The van der Waals surface area contributed by atoms with Crippen molar-refractivity contribution in [2.24, 2.45) is 5.92 Å². The Morgan fingerprint density at radius 3 is 2.42 bits per heavy atom. The Labute approximate surface area is 198 Å². The van der Waals surface area contributed by atoms with E-state index in [2.05, 4.69) is 64.3 Å². The molecule has 4 rings (SSSR count). The first kappa shape index (κ1) is 23.7. The Morgan fingerprint density at radius 1 is 1.03 bits per heavy atom. The van der Waals surface area contributed by atoms with Gasteiger partial charge in [-0.2, -0.15) is 0 Å². The maximum atomic E-state index is 13.0. The van der Waals surface area contributed by atoms with Gasteiger partial charge in [0.1, 0.15) is 5.75 Å². The molecule has 1 amide bonds. The highest BCUT2D eigenvalue weighted by Gasteiger charge is 2.36. The topological polar surface area (TPSA) is 65.6 Å². The summed E-state index contributed by atoms with van der Waals surface area (Å²) in [7, 11) is 3.78. The first-order chi connectivity index (χ1) is 16.1. The van der Waals surface area contributed by atoms with E-state index < -0.39 is 0 Å². The summed E-state index contributed by atoms with van der Waals surface area (Å²) in [4.78, 5) is 15.3. The normalized spacial score (nSPS) is 21.8. The lowest BCUT2D eigenvalue weighted by molar-refractivity contribution is -0.124. The van der Waals surface area contributed by atoms with Crippen molar-refractivity contribution in [2.75, 3.05) is 46.9 Å². The number of nitrogens with one attached hydrogen (secondary N) is 3.